The molecule has 23 heavy (non-hydrogen) atoms. The lowest BCUT2D eigenvalue weighted by atomic mass is 10.2. The Kier molecular flexibility index (Phi) is 3.80. The molecule has 0 aliphatic rings. The highest BCUT2D eigenvalue weighted by atomic mass is 16.5. The van der Waals surface area contributed by atoms with Crippen LogP contribution in [0.4, 0.5) is 5.95 Å². The van der Waals surface area contributed by atoms with Gasteiger partial charge in [0.2, 0.25) is 5.95 Å². The Hall–Kier alpha value is -3.16. The third-order valence-corrected chi connectivity index (χ3v) is 3.13. The molecule has 0 aliphatic heterocycles. The van der Waals surface area contributed by atoms with Crippen LogP contribution in [-0.2, 0) is 0 Å². The van der Waals surface area contributed by atoms with Gasteiger partial charge >= 0.3 is 0 Å². The molecule has 0 saturated heterocycles. The van der Waals surface area contributed by atoms with Gasteiger partial charge in [-0.25, -0.2) is 4.98 Å². The van der Waals surface area contributed by atoms with Crippen LogP contribution < -0.4 is 5.32 Å². The van der Waals surface area contributed by atoms with Crippen molar-refractivity contribution >= 4 is 11.9 Å². The van der Waals surface area contributed by atoms with Gasteiger partial charge in [0.15, 0.2) is 5.82 Å². The number of nitrogens with zero attached hydrogens (tertiary/aromatic N) is 5. The van der Waals surface area contributed by atoms with Crippen molar-refractivity contribution in [1.82, 2.24) is 25.1 Å². The largest absolute Gasteiger partial charge is 0.361 e. The van der Waals surface area contributed by atoms with Gasteiger partial charge in [-0.1, -0.05) is 11.2 Å². The van der Waals surface area contributed by atoms with Crippen LogP contribution in [0.3, 0.4) is 0 Å². The van der Waals surface area contributed by atoms with E-state index in [1.165, 1.54) is 0 Å². The van der Waals surface area contributed by atoms with Crippen molar-refractivity contribution in [3.8, 4) is 11.5 Å². The standard InChI is InChI=1S/C15H14N6O2/c1-8-12(9(2)23-21-8)14(22)20-15-18-10(3)17-13(19-15)11-6-4-5-7-16-11/h4-7H,1-3H3,(H,17,18,19,20,22). The zero-order chi connectivity index (χ0) is 16.4. The van der Waals surface area contributed by atoms with E-state index in [0.717, 1.165) is 0 Å². The van der Waals surface area contributed by atoms with E-state index >= 15 is 0 Å². The van der Waals surface area contributed by atoms with Crippen LogP contribution in [0.2, 0.25) is 0 Å². The molecule has 8 nitrogen and oxygen atoms in total. The van der Waals surface area contributed by atoms with E-state index in [9.17, 15) is 4.79 Å². The fourth-order valence-electron chi connectivity index (χ4n) is 2.12. The number of anilines is 1. The zero-order valence-electron chi connectivity index (χ0n) is 12.9. The first-order valence-corrected chi connectivity index (χ1v) is 6.93. The van der Waals surface area contributed by atoms with Gasteiger partial charge in [0, 0.05) is 6.20 Å². The highest BCUT2D eigenvalue weighted by Crippen LogP contribution is 2.16. The van der Waals surface area contributed by atoms with Crippen molar-refractivity contribution in [2.24, 2.45) is 0 Å². The minimum absolute atomic E-state index is 0.156. The third-order valence-electron chi connectivity index (χ3n) is 3.13. The summed E-state index contributed by atoms with van der Waals surface area (Å²) in [6.45, 7) is 5.09. The van der Waals surface area contributed by atoms with E-state index < -0.39 is 0 Å². The van der Waals surface area contributed by atoms with Gasteiger partial charge in [0.25, 0.3) is 5.91 Å². The number of amides is 1. The first-order chi connectivity index (χ1) is 11.0. The Balaban J connectivity index is 1.92. The SMILES string of the molecule is Cc1nc(NC(=O)c2c(C)noc2C)nc(-c2ccccn2)n1. The summed E-state index contributed by atoms with van der Waals surface area (Å²) in [7, 11) is 0. The average molecular weight is 310 g/mol. The molecule has 0 aliphatic carbocycles. The van der Waals surface area contributed by atoms with Crippen LogP contribution in [0.1, 0.15) is 27.6 Å². The van der Waals surface area contributed by atoms with E-state index in [4.69, 9.17) is 4.52 Å². The van der Waals surface area contributed by atoms with E-state index in [1.807, 2.05) is 6.07 Å². The number of aromatic nitrogens is 5. The monoisotopic (exact) mass is 310 g/mol. The highest BCUT2D eigenvalue weighted by molar-refractivity contribution is 6.04. The van der Waals surface area contributed by atoms with Gasteiger partial charge in [0.1, 0.15) is 22.8 Å². The maximum Gasteiger partial charge on any atom is 0.263 e. The first-order valence-electron chi connectivity index (χ1n) is 6.93. The molecule has 1 amide bonds. The van der Waals surface area contributed by atoms with E-state index in [0.29, 0.717) is 34.4 Å². The molecular formula is C15H14N6O2. The quantitative estimate of drug-likeness (QED) is 0.789. The lowest BCUT2D eigenvalue weighted by Crippen LogP contribution is -2.17. The van der Waals surface area contributed by atoms with Gasteiger partial charge in [-0.2, -0.15) is 9.97 Å². The van der Waals surface area contributed by atoms with Crippen LogP contribution >= 0.6 is 0 Å². The Bertz CT molecular complexity index is 840. The van der Waals surface area contributed by atoms with Crippen molar-refractivity contribution in [3.05, 3.63) is 47.2 Å². The van der Waals surface area contributed by atoms with Crippen molar-refractivity contribution in [3.63, 3.8) is 0 Å². The molecule has 1 N–H and O–H groups in total. The summed E-state index contributed by atoms with van der Waals surface area (Å²) in [5.41, 5.74) is 1.49. The molecule has 3 aromatic heterocycles. The molecule has 0 fully saturated rings. The molecule has 0 radical (unpaired) electrons. The number of hydrogen-bond donors (Lipinski definition) is 1. The lowest BCUT2D eigenvalue weighted by Gasteiger charge is -2.06. The minimum Gasteiger partial charge on any atom is -0.361 e. The van der Waals surface area contributed by atoms with Crippen LogP contribution in [0.5, 0.6) is 0 Å². The molecule has 0 spiro atoms. The highest BCUT2D eigenvalue weighted by Gasteiger charge is 2.19. The molecule has 3 rings (SSSR count). The summed E-state index contributed by atoms with van der Waals surface area (Å²) >= 11 is 0. The van der Waals surface area contributed by atoms with Crippen molar-refractivity contribution in [2.45, 2.75) is 20.8 Å². The number of pyridine rings is 1. The minimum atomic E-state index is -0.376. The van der Waals surface area contributed by atoms with Gasteiger partial charge in [-0.3, -0.25) is 15.1 Å². The van der Waals surface area contributed by atoms with Crippen LogP contribution in [0, 0.1) is 20.8 Å². The smallest absolute Gasteiger partial charge is 0.263 e. The molecule has 3 heterocycles. The van der Waals surface area contributed by atoms with Crippen molar-refractivity contribution < 1.29 is 9.32 Å². The van der Waals surface area contributed by atoms with Crippen LogP contribution in [0.15, 0.2) is 28.9 Å². The lowest BCUT2D eigenvalue weighted by molar-refractivity contribution is 0.102. The second kappa shape index (κ2) is 5.91. The summed E-state index contributed by atoms with van der Waals surface area (Å²) in [4.78, 5) is 29.2. The molecule has 0 saturated carbocycles. The Morgan fingerprint density at radius 3 is 2.61 bits per heavy atom. The first kappa shape index (κ1) is 14.8. The summed E-state index contributed by atoms with van der Waals surface area (Å²) in [5.74, 6) is 1.10. The summed E-state index contributed by atoms with van der Waals surface area (Å²) < 4.78 is 5.00. The summed E-state index contributed by atoms with van der Waals surface area (Å²) in [6, 6.07) is 5.43. The maximum atomic E-state index is 12.3. The van der Waals surface area contributed by atoms with Gasteiger partial charge in [-0.05, 0) is 32.9 Å². The summed E-state index contributed by atoms with van der Waals surface area (Å²) in [6.07, 6.45) is 1.65. The van der Waals surface area contributed by atoms with Gasteiger partial charge < -0.3 is 4.52 Å². The molecule has 0 aromatic carbocycles. The molecule has 0 bridgehead atoms. The number of carbonyl (C=O) groups excluding carboxylic acids is 1. The number of nitrogens with one attached hydrogen (secondary N) is 1. The van der Waals surface area contributed by atoms with Crippen molar-refractivity contribution in [2.75, 3.05) is 5.32 Å². The van der Waals surface area contributed by atoms with E-state index in [1.54, 1.807) is 39.1 Å². The maximum absolute atomic E-state index is 12.3. The number of aryl methyl sites for hydroxylation is 3. The fourth-order valence-corrected chi connectivity index (χ4v) is 2.12. The van der Waals surface area contributed by atoms with E-state index in [2.05, 4.69) is 30.4 Å². The predicted octanol–water partition coefficient (Wildman–Crippen LogP) is 2.10. The second-order valence-electron chi connectivity index (χ2n) is 4.90. The van der Waals surface area contributed by atoms with Crippen LogP contribution in [-0.4, -0.2) is 31.0 Å². The van der Waals surface area contributed by atoms with Crippen molar-refractivity contribution in [1.29, 1.82) is 0 Å². The number of carbonyl (C=O) groups is 1. The topological polar surface area (TPSA) is 107 Å². The normalized spacial score (nSPS) is 10.6. The second-order valence-corrected chi connectivity index (χ2v) is 4.90. The fraction of sp³-hybridized carbons (Fsp3) is 0.200. The van der Waals surface area contributed by atoms with Gasteiger partial charge in [-0.15, -0.1) is 0 Å². The van der Waals surface area contributed by atoms with E-state index in [-0.39, 0.29) is 11.9 Å². The van der Waals surface area contributed by atoms with Gasteiger partial charge in [0.05, 0.1) is 5.69 Å². The Morgan fingerprint density at radius 2 is 1.96 bits per heavy atom. The molecule has 3 aromatic rings. The number of hydrogen-bond acceptors (Lipinski definition) is 7. The number of rotatable bonds is 3. The summed E-state index contributed by atoms with van der Waals surface area (Å²) in [5, 5.41) is 6.41. The zero-order valence-corrected chi connectivity index (χ0v) is 12.9. The van der Waals surface area contributed by atoms with Crippen LogP contribution in [0.25, 0.3) is 11.5 Å². The molecule has 8 heteroatoms. The average Bonchev–Trinajstić information content (AvgIpc) is 2.86. The Labute approximate surface area is 132 Å². The molecular weight excluding hydrogens is 296 g/mol. The Morgan fingerprint density at radius 1 is 1.13 bits per heavy atom. The third kappa shape index (κ3) is 3.05. The molecule has 0 atom stereocenters. The molecule has 0 unspecified atom stereocenters. The molecule has 116 valence electrons. The predicted molar refractivity (Wildman–Crippen MR) is 81.7 cm³/mol.